The van der Waals surface area contributed by atoms with E-state index in [4.69, 9.17) is 9.94 Å². The molecule has 0 aromatic heterocycles. The molecule has 1 unspecified atom stereocenters. The van der Waals surface area contributed by atoms with Crippen LogP contribution in [0.5, 0.6) is 0 Å². The van der Waals surface area contributed by atoms with Crippen molar-refractivity contribution in [3.05, 3.63) is 0 Å². The number of carbonyl (C=O) groups is 2. The van der Waals surface area contributed by atoms with Crippen LogP contribution in [0.1, 0.15) is 32.1 Å². The number of carboxylic acid groups (broad SMARTS) is 1. The number of likely N-dealkylation sites (N-methyl/N-ethyl adjacent to an activating group) is 1. The van der Waals surface area contributed by atoms with Crippen molar-refractivity contribution >= 4 is 12.0 Å². The van der Waals surface area contributed by atoms with Crippen LogP contribution in [0, 0.1) is 5.92 Å². The highest BCUT2D eigenvalue weighted by Gasteiger charge is 2.28. The minimum Gasteiger partial charge on any atom is -0.465 e. The summed E-state index contributed by atoms with van der Waals surface area (Å²) in [6, 6.07) is -0.708. The smallest absolute Gasteiger partial charge is 0.405 e. The number of nitrogens with zero attached hydrogens (tertiary/aromatic N) is 1. The Balaban J connectivity index is 2.58. The maximum Gasteiger partial charge on any atom is 0.405 e. The van der Waals surface area contributed by atoms with Crippen molar-refractivity contribution in [1.82, 2.24) is 10.4 Å². The quantitative estimate of drug-likeness (QED) is 0.713. The Kier molecular flexibility index (Phi) is 5.21. The molecule has 6 heteroatoms. The van der Waals surface area contributed by atoms with Gasteiger partial charge in [0.25, 0.3) is 5.91 Å². The van der Waals surface area contributed by atoms with E-state index in [1.807, 2.05) is 0 Å². The lowest BCUT2D eigenvalue weighted by Gasteiger charge is -2.23. The van der Waals surface area contributed by atoms with E-state index in [1.165, 1.54) is 27.0 Å². The van der Waals surface area contributed by atoms with Crippen LogP contribution in [0.4, 0.5) is 4.79 Å². The van der Waals surface area contributed by atoms with Gasteiger partial charge in [0.2, 0.25) is 0 Å². The molecule has 1 fully saturated rings. The van der Waals surface area contributed by atoms with Crippen molar-refractivity contribution in [1.29, 1.82) is 0 Å². The molecule has 0 aliphatic heterocycles. The lowest BCUT2D eigenvalue weighted by atomic mass is 9.98. The van der Waals surface area contributed by atoms with Gasteiger partial charge in [0.15, 0.2) is 0 Å². The third kappa shape index (κ3) is 4.22. The Labute approximate surface area is 101 Å². The third-order valence-corrected chi connectivity index (χ3v) is 3.22. The molecule has 1 saturated carbocycles. The van der Waals surface area contributed by atoms with Crippen LogP contribution < -0.4 is 5.32 Å². The minimum absolute atomic E-state index is 0.346. The third-order valence-electron chi connectivity index (χ3n) is 3.22. The van der Waals surface area contributed by atoms with E-state index in [2.05, 4.69) is 5.32 Å². The molecule has 2 N–H and O–H groups in total. The average Bonchev–Trinajstić information content (AvgIpc) is 2.78. The van der Waals surface area contributed by atoms with Gasteiger partial charge in [-0.3, -0.25) is 9.63 Å². The number of nitrogens with one attached hydrogen (secondary N) is 1. The normalized spacial score (nSPS) is 17.8. The summed E-state index contributed by atoms with van der Waals surface area (Å²) >= 11 is 0. The molecule has 1 rings (SSSR count). The highest BCUT2D eigenvalue weighted by molar-refractivity contribution is 5.84. The first kappa shape index (κ1) is 13.8. The summed E-state index contributed by atoms with van der Waals surface area (Å²) < 4.78 is 0. The van der Waals surface area contributed by atoms with Gasteiger partial charge < -0.3 is 10.4 Å². The summed E-state index contributed by atoms with van der Waals surface area (Å²) in [6.07, 6.45) is 3.85. The molecule has 0 aromatic carbocycles. The molecule has 0 radical (unpaired) electrons. The van der Waals surface area contributed by atoms with Gasteiger partial charge in [-0.2, -0.15) is 0 Å². The van der Waals surface area contributed by atoms with Gasteiger partial charge >= 0.3 is 6.09 Å². The second kappa shape index (κ2) is 6.44. The molecule has 6 nitrogen and oxygen atoms in total. The number of hydrogen-bond donors (Lipinski definition) is 2. The summed E-state index contributed by atoms with van der Waals surface area (Å²) in [5, 5.41) is 12.1. The highest BCUT2D eigenvalue weighted by Crippen LogP contribution is 2.28. The summed E-state index contributed by atoms with van der Waals surface area (Å²) in [4.78, 5) is 27.3. The molecule has 0 aromatic rings. The van der Waals surface area contributed by atoms with Gasteiger partial charge in [0.1, 0.15) is 6.04 Å². The largest absolute Gasteiger partial charge is 0.465 e. The predicted molar refractivity (Wildman–Crippen MR) is 61.3 cm³/mol. The van der Waals surface area contributed by atoms with Crippen LogP contribution in [0.3, 0.4) is 0 Å². The molecule has 17 heavy (non-hydrogen) atoms. The van der Waals surface area contributed by atoms with Gasteiger partial charge in [0, 0.05) is 7.05 Å². The Hall–Kier alpha value is -1.30. The Morgan fingerprint density at radius 1 is 1.47 bits per heavy atom. The lowest BCUT2D eigenvalue weighted by Crippen LogP contribution is -2.47. The van der Waals surface area contributed by atoms with Crippen molar-refractivity contribution in [2.75, 3.05) is 14.2 Å². The Morgan fingerprint density at radius 2 is 2.06 bits per heavy atom. The minimum atomic E-state index is -1.18. The van der Waals surface area contributed by atoms with Crippen molar-refractivity contribution in [2.45, 2.75) is 38.1 Å². The Bertz CT molecular complexity index is 277. The van der Waals surface area contributed by atoms with Crippen molar-refractivity contribution in [3.63, 3.8) is 0 Å². The highest BCUT2D eigenvalue weighted by atomic mass is 16.7. The van der Waals surface area contributed by atoms with E-state index in [-0.39, 0.29) is 5.91 Å². The fraction of sp³-hybridized carbons (Fsp3) is 0.818. The van der Waals surface area contributed by atoms with E-state index < -0.39 is 12.1 Å². The molecular weight excluding hydrogens is 224 g/mol. The van der Waals surface area contributed by atoms with Gasteiger partial charge in [-0.25, -0.2) is 9.86 Å². The summed E-state index contributed by atoms with van der Waals surface area (Å²) in [5.41, 5.74) is 0. The standard InChI is InChI=1S/C11H20N2O4/c1-13(17-2)10(14)9(12-11(15)16)7-8-5-3-4-6-8/h8-9,12H,3-7H2,1-2H3,(H,15,16). The molecule has 0 bridgehead atoms. The van der Waals surface area contributed by atoms with Crippen LogP contribution >= 0.6 is 0 Å². The van der Waals surface area contributed by atoms with E-state index in [1.54, 1.807) is 0 Å². The first-order valence-corrected chi connectivity index (χ1v) is 5.85. The summed E-state index contributed by atoms with van der Waals surface area (Å²) in [5.74, 6) is 0.0860. The fourth-order valence-corrected chi connectivity index (χ4v) is 2.26. The SMILES string of the molecule is CON(C)C(=O)C(CC1CCCC1)NC(=O)O. The molecular formula is C11H20N2O4. The van der Waals surface area contributed by atoms with E-state index in [9.17, 15) is 9.59 Å². The predicted octanol–water partition coefficient (Wildman–Crippen LogP) is 1.22. The van der Waals surface area contributed by atoms with Crippen LogP contribution in [0.25, 0.3) is 0 Å². The monoisotopic (exact) mass is 244 g/mol. The van der Waals surface area contributed by atoms with Crippen LogP contribution in [-0.4, -0.2) is 42.4 Å². The van der Waals surface area contributed by atoms with Crippen LogP contribution in [0.15, 0.2) is 0 Å². The maximum absolute atomic E-state index is 11.9. The number of amides is 2. The second-order valence-electron chi connectivity index (χ2n) is 4.41. The first-order chi connectivity index (χ1) is 8.04. The molecule has 0 spiro atoms. The van der Waals surface area contributed by atoms with Crippen molar-refractivity contribution in [3.8, 4) is 0 Å². The topological polar surface area (TPSA) is 78.9 Å². The number of hydrogen-bond acceptors (Lipinski definition) is 3. The molecule has 2 amide bonds. The molecule has 0 heterocycles. The molecule has 1 atom stereocenters. The van der Waals surface area contributed by atoms with Crippen molar-refractivity contribution < 1.29 is 19.5 Å². The first-order valence-electron chi connectivity index (χ1n) is 5.85. The van der Waals surface area contributed by atoms with Crippen molar-refractivity contribution in [2.24, 2.45) is 5.92 Å². The zero-order valence-corrected chi connectivity index (χ0v) is 10.3. The fourth-order valence-electron chi connectivity index (χ4n) is 2.26. The van der Waals surface area contributed by atoms with Gasteiger partial charge in [-0.15, -0.1) is 0 Å². The average molecular weight is 244 g/mol. The molecule has 0 saturated heterocycles. The van der Waals surface area contributed by atoms with E-state index in [0.717, 1.165) is 17.9 Å². The molecule has 98 valence electrons. The zero-order valence-electron chi connectivity index (χ0n) is 10.3. The van der Waals surface area contributed by atoms with Gasteiger partial charge in [-0.05, 0) is 12.3 Å². The molecule has 1 aliphatic rings. The number of rotatable bonds is 5. The summed E-state index contributed by atoms with van der Waals surface area (Å²) in [6.45, 7) is 0. The number of hydroxylamine groups is 2. The molecule has 1 aliphatic carbocycles. The van der Waals surface area contributed by atoms with Gasteiger partial charge in [-0.1, -0.05) is 25.7 Å². The van der Waals surface area contributed by atoms with Crippen LogP contribution in [-0.2, 0) is 9.63 Å². The lowest BCUT2D eigenvalue weighted by molar-refractivity contribution is -0.171. The Morgan fingerprint density at radius 3 is 2.53 bits per heavy atom. The number of carbonyl (C=O) groups excluding carboxylic acids is 1. The van der Waals surface area contributed by atoms with Crippen LogP contribution in [0.2, 0.25) is 0 Å². The summed E-state index contributed by atoms with van der Waals surface area (Å²) in [7, 11) is 2.86. The van der Waals surface area contributed by atoms with Gasteiger partial charge in [0.05, 0.1) is 7.11 Å². The van der Waals surface area contributed by atoms with E-state index in [0.29, 0.717) is 12.3 Å². The second-order valence-corrected chi connectivity index (χ2v) is 4.41. The zero-order chi connectivity index (χ0) is 12.8. The van der Waals surface area contributed by atoms with E-state index >= 15 is 0 Å². The maximum atomic E-state index is 11.9.